The highest BCUT2D eigenvalue weighted by Gasteiger charge is 2.04. The molecule has 14 heavy (non-hydrogen) atoms. The Morgan fingerprint density at radius 1 is 1.43 bits per heavy atom. The van der Waals surface area contributed by atoms with E-state index in [0.717, 1.165) is 5.56 Å². The maximum atomic E-state index is 11.2. The van der Waals surface area contributed by atoms with E-state index in [-0.39, 0.29) is 12.3 Å². The van der Waals surface area contributed by atoms with Crippen molar-refractivity contribution in [2.24, 2.45) is 0 Å². The summed E-state index contributed by atoms with van der Waals surface area (Å²) in [6.07, 6.45) is -0.418. The third kappa shape index (κ3) is 4.05. The number of nitrogens with one attached hydrogen (secondary N) is 1. The summed E-state index contributed by atoms with van der Waals surface area (Å²) < 4.78 is 0. The van der Waals surface area contributed by atoms with Gasteiger partial charge in [-0.1, -0.05) is 30.3 Å². The molecule has 0 bridgehead atoms. The fraction of sp³-hybridized carbons (Fsp3) is 0.364. The van der Waals surface area contributed by atoms with Gasteiger partial charge < -0.3 is 10.4 Å². The van der Waals surface area contributed by atoms with E-state index in [9.17, 15) is 4.79 Å². The highest BCUT2D eigenvalue weighted by Crippen LogP contribution is 1.98. The second-order valence-corrected chi connectivity index (χ2v) is 3.32. The van der Waals surface area contributed by atoms with Crippen LogP contribution in [0.1, 0.15) is 18.9 Å². The standard InChI is InChI=1S/C11H15NO2/c1-9(13)7-11(14)12-8-10-5-3-2-4-6-10/h2-6,9,13H,7-8H2,1H3,(H,12,14)/t9-/m1/s1. The molecule has 1 atom stereocenters. The molecule has 0 aliphatic heterocycles. The average molecular weight is 193 g/mol. The summed E-state index contributed by atoms with van der Waals surface area (Å²) >= 11 is 0. The van der Waals surface area contributed by atoms with Crippen LogP contribution in [0.4, 0.5) is 0 Å². The molecule has 3 nitrogen and oxygen atoms in total. The average Bonchev–Trinajstić information content (AvgIpc) is 2.15. The smallest absolute Gasteiger partial charge is 0.222 e. The number of carbonyl (C=O) groups excluding carboxylic acids is 1. The maximum absolute atomic E-state index is 11.2. The Hall–Kier alpha value is -1.35. The lowest BCUT2D eigenvalue weighted by Crippen LogP contribution is -2.25. The van der Waals surface area contributed by atoms with Gasteiger partial charge in [-0.3, -0.25) is 4.79 Å². The Labute approximate surface area is 83.8 Å². The van der Waals surface area contributed by atoms with Crippen LogP contribution in [-0.2, 0) is 11.3 Å². The van der Waals surface area contributed by atoms with Crippen molar-refractivity contribution in [2.75, 3.05) is 0 Å². The van der Waals surface area contributed by atoms with Crippen molar-refractivity contribution in [1.29, 1.82) is 0 Å². The first-order valence-electron chi connectivity index (χ1n) is 4.67. The van der Waals surface area contributed by atoms with Gasteiger partial charge in [0.15, 0.2) is 0 Å². The third-order valence-corrected chi connectivity index (χ3v) is 1.81. The van der Waals surface area contributed by atoms with Gasteiger partial charge in [0.2, 0.25) is 5.91 Å². The van der Waals surface area contributed by atoms with E-state index in [4.69, 9.17) is 5.11 Å². The van der Waals surface area contributed by atoms with Gasteiger partial charge in [-0.05, 0) is 12.5 Å². The number of rotatable bonds is 4. The van der Waals surface area contributed by atoms with Crippen molar-refractivity contribution >= 4 is 5.91 Å². The predicted molar refractivity (Wildman–Crippen MR) is 54.6 cm³/mol. The summed E-state index contributed by atoms with van der Waals surface area (Å²) in [4.78, 5) is 11.2. The van der Waals surface area contributed by atoms with Gasteiger partial charge in [0.25, 0.3) is 0 Å². The van der Waals surface area contributed by atoms with Crippen LogP contribution >= 0.6 is 0 Å². The molecule has 0 spiro atoms. The Kier molecular flexibility index (Phi) is 4.13. The van der Waals surface area contributed by atoms with Crippen LogP contribution in [0.3, 0.4) is 0 Å². The Morgan fingerprint density at radius 3 is 2.64 bits per heavy atom. The molecule has 1 rings (SSSR count). The first kappa shape index (κ1) is 10.7. The highest BCUT2D eigenvalue weighted by atomic mass is 16.3. The van der Waals surface area contributed by atoms with Crippen LogP contribution in [0, 0.1) is 0 Å². The van der Waals surface area contributed by atoms with Crippen molar-refractivity contribution in [3.05, 3.63) is 35.9 Å². The van der Waals surface area contributed by atoms with E-state index in [1.54, 1.807) is 6.92 Å². The van der Waals surface area contributed by atoms with Crippen molar-refractivity contribution in [1.82, 2.24) is 5.32 Å². The first-order chi connectivity index (χ1) is 6.68. The molecular formula is C11H15NO2. The SMILES string of the molecule is C[C@@H](O)CC(=O)NCc1ccccc1. The van der Waals surface area contributed by atoms with Crippen LogP contribution in [0.25, 0.3) is 0 Å². The Morgan fingerprint density at radius 2 is 2.07 bits per heavy atom. The fourth-order valence-electron chi connectivity index (χ4n) is 1.14. The van der Waals surface area contributed by atoms with E-state index in [1.165, 1.54) is 0 Å². The van der Waals surface area contributed by atoms with Gasteiger partial charge in [0.1, 0.15) is 0 Å². The van der Waals surface area contributed by atoms with E-state index >= 15 is 0 Å². The van der Waals surface area contributed by atoms with Crippen molar-refractivity contribution in [2.45, 2.75) is 26.0 Å². The van der Waals surface area contributed by atoms with Gasteiger partial charge >= 0.3 is 0 Å². The number of hydrogen-bond acceptors (Lipinski definition) is 2. The first-order valence-corrected chi connectivity index (χ1v) is 4.67. The largest absolute Gasteiger partial charge is 0.393 e. The summed E-state index contributed by atoms with van der Waals surface area (Å²) in [5.41, 5.74) is 1.06. The molecule has 3 heteroatoms. The molecule has 2 N–H and O–H groups in total. The molecule has 0 aliphatic carbocycles. The monoisotopic (exact) mass is 193 g/mol. The van der Waals surface area contributed by atoms with Crippen LogP contribution < -0.4 is 5.32 Å². The number of carbonyl (C=O) groups is 1. The molecule has 0 aromatic heterocycles. The predicted octanol–water partition coefficient (Wildman–Crippen LogP) is 1.07. The van der Waals surface area contributed by atoms with Crippen molar-refractivity contribution in [3.63, 3.8) is 0 Å². The number of benzene rings is 1. The number of aliphatic hydroxyl groups is 1. The van der Waals surface area contributed by atoms with Gasteiger partial charge in [-0.2, -0.15) is 0 Å². The lowest BCUT2D eigenvalue weighted by Gasteiger charge is -2.06. The van der Waals surface area contributed by atoms with Gasteiger partial charge in [0, 0.05) is 6.54 Å². The second-order valence-electron chi connectivity index (χ2n) is 3.32. The molecule has 1 amide bonds. The minimum Gasteiger partial charge on any atom is -0.393 e. The summed E-state index contributed by atoms with van der Waals surface area (Å²) in [6.45, 7) is 2.12. The molecule has 0 heterocycles. The van der Waals surface area contributed by atoms with Gasteiger partial charge in [-0.15, -0.1) is 0 Å². The third-order valence-electron chi connectivity index (χ3n) is 1.81. The van der Waals surface area contributed by atoms with Crippen LogP contribution in [0.15, 0.2) is 30.3 Å². The van der Waals surface area contributed by atoms with E-state index in [1.807, 2.05) is 30.3 Å². The lowest BCUT2D eigenvalue weighted by molar-refractivity contribution is -0.122. The number of hydrogen-bond donors (Lipinski definition) is 2. The van der Waals surface area contributed by atoms with E-state index in [0.29, 0.717) is 6.54 Å². The summed E-state index contributed by atoms with van der Waals surface area (Å²) in [5, 5.41) is 11.7. The normalized spacial score (nSPS) is 12.1. The Balaban J connectivity index is 2.31. The molecule has 0 aliphatic rings. The summed E-state index contributed by atoms with van der Waals surface area (Å²) in [6, 6.07) is 9.68. The quantitative estimate of drug-likeness (QED) is 0.751. The number of aliphatic hydroxyl groups excluding tert-OH is 1. The molecule has 0 fully saturated rings. The van der Waals surface area contributed by atoms with Crippen molar-refractivity contribution < 1.29 is 9.90 Å². The molecule has 0 saturated heterocycles. The van der Waals surface area contributed by atoms with Crippen LogP contribution in [0.5, 0.6) is 0 Å². The molecular weight excluding hydrogens is 178 g/mol. The molecule has 1 aromatic rings. The molecule has 0 unspecified atom stereocenters. The molecule has 0 radical (unpaired) electrons. The van der Waals surface area contributed by atoms with Crippen molar-refractivity contribution in [3.8, 4) is 0 Å². The zero-order chi connectivity index (χ0) is 10.4. The summed E-state index contributed by atoms with van der Waals surface area (Å²) in [5.74, 6) is -0.121. The van der Waals surface area contributed by atoms with Gasteiger partial charge in [0.05, 0.1) is 12.5 Å². The minimum atomic E-state index is -0.578. The van der Waals surface area contributed by atoms with E-state index < -0.39 is 6.10 Å². The number of amides is 1. The minimum absolute atomic E-state index is 0.121. The molecule has 76 valence electrons. The fourth-order valence-corrected chi connectivity index (χ4v) is 1.14. The topological polar surface area (TPSA) is 49.3 Å². The highest BCUT2D eigenvalue weighted by molar-refractivity contribution is 5.76. The molecule has 0 saturated carbocycles. The zero-order valence-corrected chi connectivity index (χ0v) is 8.23. The summed E-state index contributed by atoms with van der Waals surface area (Å²) in [7, 11) is 0. The van der Waals surface area contributed by atoms with Crippen LogP contribution in [0.2, 0.25) is 0 Å². The maximum Gasteiger partial charge on any atom is 0.222 e. The second kappa shape index (κ2) is 5.40. The van der Waals surface area contributed by atoms with Gasteiger partial charge in [-0.25, -0.2) is 0 Å². The van der Waals surface area contributed by atoms with Crippen LogP contribution in [-0.4, -0.2) is 17.1 Å². The Bertz CT molecular complexity index is 283. The zero-order valence-electron chi connectivity index (χ0n) is 8.23. The van der Waals surface area contributed by atoms with E-state index in [2.05, 4.69) is 5.32 Å². The lowest BCUT2D eigenvalue weighted by atomic mass is 10.2. The molecule has 1 aromatic carbocycles.